The molecule has 2 unspecified atom stereocenters. The van der Waals surface area contributed by atoms with Gasteiger partial charge in [-0.2, -0.15) is 0 Å². The second-order valence-corrected chi connectivity index (χ2v) is 11.0. The molecule has 0 aliphatic heterocycles. The molecule has 0 radical (unpaired) electrons. The summed E-state index contributed by atoms with van der Waals surface area (Å²) in [4.78, 5) is 12.2. The van der Waals surface area contributed by atoms with Gasteiger partial charge in [0.2, 0.25) is 0 Å². The number of aliphatic hydroxyl groups is 1. The van der Waals surface area contributed by atoms with Crippen LogP contribution in [0.2, 0.25) is 0 Å². The summed E-state index contributed by atoms with van der Waals surface area (Å²) in [6, 6.07) is 0. The Morgan fingerprint density at radius 3 is 2.62 bits per heavy atom. The zero-order valence-electron chi connectivity index (χ0n) is 15.2. The van der Waals surface area contributed by atoms with Crippen LogP contribution in [-0.4, -0.2) is 20.9 Å². The summed E-state index contributed by atoms with van der Waals surface area (Å²) in [5, 5.41) is 10.2. The fourth-order valence-corrected chi connectivity index (χ4v) is 8.69. The lowest BCUT2D eigenvalue weighted by Gasteiger charge is -2.59. The molecule has 0 bridgehead atoms. The molecule has 1 N–H and O–H groups in total. The molecule has 2 nitrogen and oxygen atoms in total. The third kappa shape index (κ3) is 2.32. The minimum atomic E-state index is -0.132. The van der Waals surface area contributed by atoms with E-state index in [1.807, 2.05) is 6.92 Å². The van der Waals surface area contributed by atoms with Gasteiger partial charge < -0.3 is 5.11 Å². The van der Waals surface area contributed by atoms with Crippen molar-refractivity contribution in [3.05, 3.63) is 11.6 Å². The largest absolute Gasteiger partial charge is 0.393 e. The molecule has 4 aliphatic carbocycles. The Kier molecular flexibility index (Phi) is 4.23. The minimum Gasteiger partial charge on any atom is -0.393 e. The van der Waals surface area contributed by atoms with E-state index in [2.05, 4.69) is 42.5 Å². The molecule has 8 atom stereocenters. The Labute approximate surface area is 160 Å². The number of fused-ring (bicyclic) bond motifs is 5. The van der Waals surface area contributed by atoms with Crippen LogP contribution >= 0.6 is 22.6 Å². The van der Waals surface area contributed by atoms with Crippen molar-refractivity contribution in [1.29, 1.82) is 0 Å². The number of aliphatic hydroxyl groups excluding tert-OH is 1. The van der Waals surface area contributed by atoms with E-state index >= 15 is 0 Å². The van der Waals surface area contributed by atoms with Gasteiger partial charge in [0.25, 0.3) is 0 Å². The van der Waals surface area contributed by atoms with Crippen LogP contribution in [0.1, 0.15) is 65.7 Å². The van der Waals surface area contributed by atoms with Crippen molar-refractivity contribution in [3.8, 4) is 0 Å². The van der Waals surface area contributed by atoms with E-state index in [1.165, 1.54) is 24.8 Å². The molecule has 0 aromatic carbocycles. The molecule has 0 heterocycles. The number of alkyl halides is 1. The highest BCUT2D eigenvalue weighted by molar-refractivity contribution is 14.1. The molecule has 3 heteroatoms. The van der Waals surface area contributed by atoms with Crippen LogP contribution < -0.4 is 0 Å². The molecular formula is C21H31IO2. The lowest BCUT2D eigenvalue weighted by atomic mass is 9.47. The van der Waals surface area contributed by atoms with Gasteiger partial charge in [0.1, 0.15) is 5.78 Å². The highest BCUT2D eigenvalue weighted by atomic mass is 127. The van der Waals surface area contributed by atoms with Crippen molar-refractivity contribution in [3.63, 3.8) is 0 Å². The van der Waals surface area contributed by atoms with E-state index in [4.69, 9.17) is 0 Å². The predicted octanol–water partition coefficient (Wildman–Crippen LogP) is 4.93. The molecule has 0 aromatic heterocycles. The van der Waals surface area contributed by atoms with Crippen molar-refractivity contribution < 1.29 is 9.90 Å². The van der Waals surface area contributed by atoms with Crippen LogP contribution in [0.15, 0.2) is 11.6 Å². The van der Waals surface area contributed by atoms with Gasteiger partial charge in [-0.3, -0.25) is 4.79 Å². The molecule has 0 aromatic rings. The summed E-state index contributed by atoms with van der Waals surface area (Å²) >= 11 is 2.66. The minimum absolute atomic E-state index is 0.132. The number of carbonyl (C=O) groups excluding carboxylic acids is 1. The second-order valence-electron chi connectivity index (χ2n) is 9.53. The third-order valence-corrected chi connectivity index (χ3v) is 9.75. The second kappa shape index (κ2) is 5.80. The summed E-state index contributed by atoms with van der Waals surface area (Å²) in [5.74, 6) is 2.88. The first-order valence-corrected chi connectivity index (χ1v) is 11.1. The van der Waals surface area contributed by atoms with Crippen molar-refractivity contribution in [2.75, 3.05) is 0 Å². The Bertz CT molecular complexity index is 584. The number of Topliss-reactive ketones (excluding diaryl/α,β-unsaturated/α-hetero) is 1. The van der Waals surface area contributed by atoms with Gasteiger partial charge >= 0.3 is 0 Å². The highest BCUT2D eigenvalue weighted by Crippen LogP contribution is 2.67. The molecular weight excluding hydrogens is 411 g/mol. The summed E-state index contributed by atoms with van der Waals surface area (Å²) in [6.45, 7) is 6.71. The highest BCUT2D eigenvalue weighted by Gasteiger charge is 2.61. The maximum absolute atomic E-state index is 12.2. The lowest BCUT2D eigenvalue weighted by Crippen LogP contribution is -2.53. The monoisotopic (exact) mass is 442 g/mol. The van der Waals surface area contributed by atoms with Crippen LogP contribution in [-0.2, 0) is 4.79 Å². The van der Waals surface area contributed by atoms with Gasteiger partial charge in [-0.1, -0.05) is 48.1 Å². The SMILES string of the molecule is CC(=O)[C@H]1CC[C@H]2[C@@H]3C(I)C=C4CC(O)CC[C@]4(C)[C@H]3CC[C@]12C. The quantitative estimate of drug-likeness (QED) is 0.355. The zero-order chi connectivity index (χ0) is 17.3. The van der Waals surface area contributed by atoms with Crippen LogP contribution in [0.5, 0.6) is 0 Å². The topological polar surface area (TPSA) is 37.3 Å². The number of carbonyl (C=O) groups is 1. The van der Waals surface area contributed by atoms with Crippen molar-refractivity contribution in [2.45, 2.75) is 75.7 Å². The first-order valence-electron chi connectivity index (χ1n) is 9.81. The molecule has 4 aliphatic rings. The molecule has 0 saturated heterocycles. The standard InChI is InChI=1S/C21H31IO2/c1-12(23)15-4-5-16-19-17(7-9-21(15,16)3)20(2)8-6-14(24)10-13(20)11-18(19)22/h11,14-19,24H,4-10H2,1-3H3/t14?,15-,16+,17+,18?,19+,20+,21-/m1/s1. The molecule has 4 rings (SSSR count). The Morgan fingerprint density at radius 1 is 1.17 bits per heavy atom. The average molecular weight is 442 g/mol. The Balaban J connectivity index is 1.71. The van der Waals surface area contributed by atoms with Crippen molar-refractivity contribution >= 4 is 28.4 Å². The number of hydrogen-bond acceptors (Lipinski definition) is 2. The van der Waals surface area contributed by atoms with Crippen LogP contribution in [0, 0.1) is 34.5 Å². The van der Waals surface area contributed by atoms with Gasteiger partial charge in [0.15, 0.2) is 0 Å². The fraction of sp³-hybridized carbons (Fsp3) is 0.857. The lowest BCUT2D eigenvalue weighted by molar-refractivity contribution is -0.127. The predicted molar refractivity (Wildman–Crippen MR) is 105 cm³/mol. The third-order valence-electron chi connectivity index (χ3n) is 8.56. The smallest absolute Gasteiger partial charge is 0.133 e. The van der Waals surface area contributed by atoms with E-state index in [1.54, 1.807) is 0 Å². The normalized spacial score (nSPS) is 53.6. The van der Waals surface area contributed by atoms with E-state index in [0.717, 1.165) is 37.5 Å². The molecule has 24 heavy (non-hydrogen) atoms. The van der Waals surface area contributed by atoms with Crippen LogP contribution in [0.4, 0.5) is 0 Å². The van der Waals surface area contributed by atoms with E-state index in [0.29, 0.717) is 27.0 Å². The van der Waals surface area contributed by atoms with Gasteiger partial charge in [-0.15, -0.1) is 0 Å². The maximum atomic E-state index is 12.2. The van der Waals surface area contributed by atoms with Gasteiger partial charge in [-0.25, -0.2) is 0 Å². The first-order chi connectivity index (χ1) is 11.3. The number of rotatable bonds is 1. The van der Waals surface area contributed by atoms with Gasteiger partial charge in [0, 0.05) is 9.84 Å². The maximum Gasteiger partial charge on any atom is 0.133 e. The number of halogens is 1. The van der Waals surface area contributed by atoms with Crippen LogP contribution in [0.25, 0.3) is 0 Å². The zero-order valence-corrected chi connectivity index (χ0v) is 17.4. The molecule has 3 saturated carbocycles. The summed E-state index contributed by atoms with van der Waals surface area (Å²) in [7, 11) is 0. The van der Waals surface area contributed by atoms with Crippen LogP contribution in [0.3, 0.4) is 0 Å². The van der Waals surface area contributed by atoms with E-state index in [9.17, 15) is 9.90 Å². The molecule has 134 valence electrons. The summed E-state index contributed by atoms with van der Waals surface area (Å²) < 4.78 is 0.566. The van der Waals surface area contributed by atoms with Crippen molar-refractivity contribution in [1.82, 2.24) is 0 Å². The fourth-order valence-electron chi connectivity index (χ4n) is 7.25. The Hall–Kier alpha value is 0.1000. The number of allylic oxidation sites excluding steroid dienone is 1. The summed E-state index contributed by atoms with van der Waals surface area (Å²) in [6.07, 6.45) is 10.2. The molecule has 0 spiro atoms. The van der Waals surface area contributed by atoms with E-state index < -0.39 is 0 Å². The molecule has 3 fully saturated rings. The van der Waals surface area contributed by atoms with Gasteiger partial charge in [0.05, 0.1) is 6.10 Å². The van der Waals surface area contributed by atoms with Gasteiger partial charge in [-0.05, 0) is 80.5 Å². The van der Waals surface area contributed by atoms with E-state index in [-0.39, 0.29) is 11.5 Å². The Morgan fingerprint density at radius 2 is 1.92 bits per heavy atom. The first kappa shape index (κ1) is 17.5. The average Bonchev–Trinajstić information content (AvgIpc) is 2.86. The molecule has 0 amide bonds. The number of hydrogen-bond donors (Lipinski definition) is 1. The number of ketones is 1. The summed E-state index contributed by atoms with van der Waals surface area (Å²) in [5.41, 5.74) is 2.06. The van der Waals surface area contributed by atoms with Crippen molar-refractivity contribution in [2.24, 2.45) is 34.5 Å².